The second kappa shape index (κ2) is 5.62. The fourth-order valence-corrected chi connectivity index (χ4v) is 3.05. The molecule has 2 rings (SSSR count). The van der Waals surface area contributed by atoms with Crippen LogP contribution in [0.3, 0.4) is 0 Å². The van der Waals surface area contributed by atoms with Crippen molar-refractivity contribution >= 4 is 17.3 Å². The first-order chi connectivity index (χ1) is 8.18. The molecule has 5 heteroatoms. The number of aromatic carboxylic acids is 1. The number of hydrogen-bond donors (Lipinski definition) is 2. The molecule has 1 aliphatic rings. The molecule has 0 saturated carbocycles. The lowest BCUT2D eigenvalue weighted by Gasteiger charge is -2.31. The molecule has 2 N–H and O–H groups in total. The maximum Gasteiger partial charge on any atom is 0.346 e. The third kappa shape index (κ3) is 3.06. The summed E-state index contributed by atoms with van der Waals surface area (Å²) in [7, 11) is 2.08. The number of piperidine rings is 1. The standard InChI is InChI=1S/C12H18N2O2S/c1-14(10-2-5-13-6-3-10)8-9-4-7-17-11(9)12(15)16/h4,7,10,13H,2-3,5-6,8H2,1H3,(H,15,16). The second-order valence-electron chi connectivity index (χ2n) is 4.48. The van der Waals surface area contributed by atoms with E-state index in [1.165, 1.54) is 11.3 Å². The van der Waals surface area contributed by atoms with E-state index in [9.17, 15) is 4.79 Å². The van der Waals surface area contributed by atoms with Crippen LogP contribution in [-0.4, -0.2) is 42.2 Å². The van der Waals surface area contributed by atoms with E-state index in [0.717, 1.165) is 38.0 Å². The summed E-state index contributed by atoms with van der Waals surface area (Å²) in [6.45, 7) is 2.85. The molecule has 1 aliphatic heterocycles. The van der Waals surface area contributed by atoms with Crippen LogP contribution in [0.1, 0.15) is 28.1 Å². The molecular formula is C12H18N2O2S. The maximum atomic E-state index is 11.0. The summed E-state index contributed by atoms with van der Waals surface area (Å²) in [5, 5.41) is 14.3. The minimum atomic E-state index is -0.811. The van der Waals surface area contributed by atoms with Crippen LogP contribution in [-0.2, 0) is 6.54 Å². The zero-order valence-corrected chi connectivity index (χ0v) is 10.8. The van der Waals surface area contributed by atoms with Gasteiger partial charge < -0.3 is 10.4 Å². The molecule has 17 heavy (non-hydrogen) atoms. The SMILES string of the molecule is CN(Cc1ccsc1C(=O)O)C1CCNCC1. The highest BCUT2D eigenvalue weighted by atomic mass is 32.1. The van der Waals surface area contributed by atoms with Gasteiger partial charge in [0.2, 0.25) is 0 Å². The Balaban J connectivity index is 1.99. The van der Waals surface area contributed by atoms with Gasteiger partial charge in [-0.3, -0.25) is 4.90 Å². The minimum Gasteiger partial charge on any atom is -0.477 e. The second-order valence-corrected chi connectivity index (χ2v) is 5.39. The van der Waals surface area contributed by atoms with Gasteiger partial charge in [-0.25, -0.2) is 4.79 Å². The molecule has 1 aromatic rings. The average molecular weight is 254 g/mol. The quantitative estimate of drug-likeness (QED) is 0.857. The van der Waals surface area contributed by atoms with Crippen molar-refractivity contribution in [2.75, 3.05) is 20.1 Å². The Labute approximate surface area is 105 Å². The molecule has 0 aromatic carbocycles. The van der Waals surface area contributed by atoms with Gasteiger partial charge in [-0.2, -0.15) is 0 Å². The van der Waals surface area contributed by atoms with E-state index >= 15 is 0 Å². The third-order valence-corrected chi connectivity index (χ3v) is 4.24. The summed E-state index contributed by atoms with van der Waals surface area (Å²) in [4.78, 5) is 13.8. The highest BCUT2D eigenvalue weighted by Crippen LogP contribution is 2.20. The zero-order valence-electron chi connectivity index (χ0n) is 9.98. The van der Waals surface area contributed by atoms with Gasteiger partial charge in [-0.15, -0.1) is 11.3 Å². The van der Waals surface area contributed by atoms with Gasteiger partial charge in [-0.05, 0) is 50.0 Å². The first-order valence-electron chi connectivity index (χ1n) is 5.89. The molecule has 0 unspecified atom stereocenters. The number of carboxylic acid groups (broad SMARTS) is 1. The summed E-state index contributed by atoms with van der Waals surface area (Å²) >= 11 is 1.31. The highest BCUT2D eigenvalue weighted by molar-refractivity contribution is 7.12. The molecule has 2 heterocycles. The van der Waals surface area contributed by atoms with Crippen LogP contribution in [0.4, 0.5) is 0 Å². The number of rotatable bonds is 4. The molecule has 0 aliphatic carbocycles. The Morgan fingerprint density at radius 3 is 2.94 bits per heavy atom. The fraction of sp³-hybridized carbons (Fsp3) is 0.583. The molecule has 1 aromatic heterocycles. The number of hydrogen-bond acceptors (Lipinski definition) is 4. The van der Waals surface area contributed by atoms with Gasteiger partial charge >= 0.3 is 5.97 Å². The predicted molar refractivity (Wildman–Crippen MR) is 68.6 cm³/mol. The number of carboxylic acids is 1. The van der Waals surface area contributed by atoms with Crippen LogP contribution in [0.25, 0.3) is 0 Å². The van der Waals surface area contributed by atoms with Gasteiger partial charge in [0.15, 0.2) is 0 Å². The van der Waals surface area contributed by atoms with E-state index < -0.39 is 5.97 Å². The monoisotopic (exact) mass is 254 g/mol. The molecular weight excluding hydrogens is 236 g/mol. The van der Waals surface area contributed by atoms with Crippen LogP contribution >= 0.6 is 11.3 Å². The maximum absolute atomic E-state index is 11.0. The molecule has 0 spiro atoms. The smallest absolute Gasteiger partial charge is 0.346 e. The first kappa shape index (κ1) is 12.5. The van der Waals surface area contributed by atoms with E-state index in [1.807, 2.05) is 11.4 Å². The first-order valence-corrected chi connectivity index (χ1v) is 6.77. The zero-order chi connectivity index (χ0) is 12.3. The van der Waals surface area contributed by atoms with Crippen molar-refractivity contribution in [3.63, 3.8) is 0 Å². The lowest BCUT2D eigenvalue weighted by Crippen LogP contribution is -2.40. The molecule has 94 valence electrons. The summed E-state index contributed by atoms with van der Waals surface area (Å²) < 4.78 is 0. The van der Waals surface area contributed by atoms with Crippen molar-refractivity contribution in [1.29, 1.82) is 0 Å². The van der Waals surface area contributed by atoms with Gasteiger partial charge in [0.25, 0.3) is 0 Å². The Kier molecular flexibility index (Phi) is 4.15. The lowest BCUT2D eigenvalue weighted by atomic mass is 10.0. The molecule has 0 bridgehead atoms. The molecule has 0 atom stereocenters. The number of carbonyl (C=O) groups is 1. The van der Waals surface area contributed by atoms with Gasteiger partial charge in [-0.1, -0.05) is 0 Å². The molecule has 4 nitrogen and oxygen atoms in total. The van der Waals surface area contributed by atoms with Crippen molar-refractivity contribution in [2.45, 2.75) is 25.4 Å². The van der Waals surface area contributed by atoms with Crippen molar-refractivity contribution < 1.29 is 9.90 Å². The molecule has 1 saturated heterocycles. The van der Waals surface area contributed by atoms with Crippen LogP contribution in [0, 0.1) is 0 Å². The Morgan fingerprint density at radius 1 is 1.59 bits per heavy atom. The summed E-state index contributed by atoms with van der Waals surface area (Å²) in [6, 6.07) is 2.49. The number of nitrogens with one attached hydrogen (secondary N) is 1. The summed E-state index contributed by atoms with van der Waals surface area (Å²) in [5.41, 5.74) is 0.934. The Morgan fingerprint density at radius 2 is 2.29 bits per heavy atom. The molecule has 0 radical (unpaired) electrons. The van der Waals surface area contributed by atoms with Crippen molar-refractivity contribution in [2.24, 2.45) is 0 Å². The number of thiophene rings is 1. The number of nitrogens with zero attached hydrogens (tertiary/aromatic N) is 1. The highest BCUT2D eigenvalue weighted by Gasteiger charge is 2.20. The van der Waals surface area contributed by atoms with Gasteiger partial charge in [0, 0.05) is 12.6 Å². The lowest BCUT2D eigenvalue weighted by molar-refractivity contribution is 0.0699. The van der Waals surface area contributed by atoms with Crippen molar-refractivity contribution in [1.82, 2.24) is 10.2 Å². The van der Waals surface area contributed by atoms with Crippen molar-refractivity contribution in [3.05, 3.63) is 21.9 Å². The molecule has 0 amide bonds. The normalized spacial score (nSPS) is 17.5. The third-order valence-electron chi connectivity index (χ3n) is 3.29. The minimum absolute atomic E-state index is 0.478. The van der Waals surface area contributed by atoms with E-state index in [2.05, 4.69) is 17.3 Å². The van der Waals surface area contributed by atoms with Crippen LogP contribution < -0.4 is 5.32 Å². The Bertz CT molecular complexity index is 386. The van der Waals surface area contributed by atoms with Gasteiger partial charge in [0.05, 0.1) is 0 Å². The average Bonchev–Trinajstić information content (AvgIpc) is 2.78. The Hall–Kier alpha value is -0.910. The van der Waals surface area contributed by atoms with Gasteiger partial charge in [0.1, 0.15) is 4.88 Å². The van der Waals surface area contributed by atoms with E-state index in [-0.39, 0.29) is 0 Å². The van der Waals surface area contributed by atoms with E-state index in [4.69, 9.17) is 5.11 Å². The largest absolute Gasteiger partial charge is 0.477 e. The predicted octanol–water partition coefficient (Wildman–Crippen LogP) is 1.63. The van der Waals surface area contributed by atoms with Crippen molar-refractivity contribution in [3.8, 4) is 0 Å². The fourth-order valence-electron chi connectivity index (χ4n) is 2.29. The topological polar surface area (TPSA) is 52.6 Å². The van der Waals surface area contributed by atoms with Crippen LogP contribution in [0.15, 0.2) is 11.4 Å². The summed E-state index contributed by atoms with van der Waals surface area (Å²) in [5.74, 6) is -0.811. The molecule has 1 fully saturated rings. The van der Waals surface area contributed by atoms with E-state index in [1.54, 1.807) is 0 Å². The van der Waals surface area contributed by atoms with Crippen LogP contribution in [0.2, 0.25) is 0 Å². The van der Waals surface area contributed by atoms with E-state index in [0.29, 0.717) is 10.9 Å². The van der Waals surface area contributed by atoms with Crippen LogP contribution in [0.5, 0.6) is 0 Å². The summed E-state index contributed by atoms with van der Waals surface area (Å²) in [6.07, 6.45) is 2.28.